The molecule has 1 aromatic heterocycles. The molecule has 2 aromatic rings. The van der Waals surface area contributed by atoms with Crippen molar-refractivity contribution >= 4 is 23.6 Å². The van der Waals surface area contributed by atoms with E-state index in [4.69, 9.17) is 17.0 Å². The summed E-state index contributed by atoms with van der Waals surface area (Å²) in [7, 11) is 2.18. The molecule has 0 saturated carbocycles. The molecule has 1 fully saturated rings. The summed E-state index contributed by atoms with van der Waals surface area (Å²) in [5.41, 5.74) is 2.21. The van der Waals surface area contributed by atoms with Crippen LogP contribution in [0.5, 0.6) is 0 Å². The van der Waals surface area contributed by atoms with E-state index in [0.717, 1.165) is 43.9 Å². The van der Waals surface area contributed by atoms with Crippen molar-refractivity contribution in [1.82, 2.24) is 14.9 Å². The predicted molar refractivity (Wildman–Crippen MR) is 98.1 cm³/mol. The smallest absolute Gasteiger partial charge is 0.224 e. The minimum atomic E-state index is 0.304. The average Bonchev–Trinajstić information content (AvgIpc) is 2.62. The number of hydrogen-bond donors (Lipinski definition) is 1. The van der Waals surface area contributed by atoms with Gasteiger partial charge in [-0.05, 0) is 54.7 Å². The van der Waals surface area contributed by atoms with Gasteiger partial charge in [0.2, 0.25) is 5.28 Å². The molecule has 0 bridgehead atoms. The molecule has 1 N–H and O–H groups in total. The maximum absolute atomic E-state index is 7.37. The number of nitrogens with one attached hydrogen (secondary N) is 1. The lowest BCUT2D eigenvalue weighted by Gasteiger charge is -2.37. The number of benzene rings is 1. The summed E-state index contributed by atoms with van der Waals surface area (Å²) in [4.78, 5) is 12.9. The molecule has 126 valence electrons. The first-order chi connectivity index (χ1) is 11.7. The van der Waals surface area contributed by atoms with Crippen LogP contribution in [0.15, 0.2) is 36.5 Å². The first kappa shape index (κ1) is 16.9. The summed E-state index contributed by atoms with van der Waals surface area (Å²) in [6.45, 7) is 2.86. The monoisotopic (exact) mass is 343 g/mol. The lowest BCUT2D eigenvalue weighted by atomic mass is 10.0. The Kier molecular flexibility index (Phi) is 5.43. The summed E-state index contributed by atoms with van der Waals surface area (Å²) in [5, 5.41) is 7.68. The number of nitrogens with zero attached hydrogens (tertiary/aromatic N) is 4. The zero-order valence-electron chi connectivity index (χ0n) is 13.8. The van der Waals surface area contributed by atoms with Gasteiger partial charge in [-0.3, -0.25) is 4.90 Å². The highest BCUT2D eigenvalue weighted by molar-refractivity contribution is 6.28. The fraction of sp³-hybridized carbons (Fsp3) is 0.389. The fourth-order valence-electron chi connectivity index (χ4n) is 3.24. The first-order valence-electron chi connectivity index (χ1n) is 8.19. The van der Waals surface area contributed by atoms with Crippen molar-refractivity contribution < 1.29 is 0 Å². The summed E-state index contributed by atoms with van der Waals surface area (Å²) in [6.07, 6.45) is 5.30. The van der Waals surface area contributed by atoms with Crippen LogP contribution < -0.4 is 4.90 Å². The average molecular weight is 344 g/mol. The van der Waals surface area contributed by atoms with E-state index in [1.54, 1.807) is 6.20 Å². The van der Waals surface area contributed by atoms with Crippen molar-refractivity contribution in [3.63, 3.8) is 0 Å². The van der Waals surface area contributed by atoms with E-state index >= 15 is 0 Å². The van der Waals surface area contributed by atoms with Crippen LogP contribution >= 0.6 is 11.6 Å². The molecule has 0 radical (unpaired) electrons. The van der Waals surface area contributed by atoms with Crippen LogP contribution in [0.2, 0.25) is 5.28 Å². The Morgan fingerprint density at radius 1 is 1.33 bits per heavy atom. The van der Waals surface area contributed by atoms with Crippen molar-refractivity contribution in [2.45, 2.75) is 25.4 Å². The highest BCUT2D eigenvalue weighted by Gasteiger charge is 2.23. The molecule has 1 saturated heterocycles. The number of hydrogen-bond acceptors (Lipinski definition) is 5. The lowest BCUT2D eigenvalue weighted by Crippen LogP contribution is -2.43. The van der Waals surface area contributed by atoms with Gasteiger partial charge in [-0.2, -0.15) is 0 Å². The quantitative estimate of drug-likeness (QED) is 0.669. The molecule has 0 spiro atoms. The van der Waals surface area contributed by atoms with E-state index in [2.05, 4.69) is 38.9 Å². The Labute approximate surface area is 147 Å². The molecule has 3 rings (SSSR count). The van der Waals surface area contributed by atoms with Crippen LogP contribution in [0.4, 0.5) is 5.82 Å². The standard InChI is InChI=1S/C18H22ClN5/c1-23(13-15-4-2-3-14(11-15)12-20)16-6-9-24(10-7-16)17-5-8-21-18(19)22-17/h2-5,8,11-12,16,20H,6-7,9-10,13H2,1H3. The molecule has 6 heteroatoms. The molecule has 1 aromatic carbocycles. The Bertz CT molecular complexity index is 697. The van der Waals surface area contributed by atoms with Gasteiger partial charge in [0.25, 0.3) is 0 Å². The number of halogens is 1. The zero-order chi connectivity index (χ0) is 16.9. The largest absolute Gasteiger partial charge is 0.356 e. The van der Waals surface area contributed by atoms with Crippen molar-refractivity contribution in [3.05, 3.63) is 52.9 Å². The second-order valence-electron chi connectivity index (χ2n) is 6.21. The van der Waals surface area contributed by atoms with Gasteiger partial charge >= 0.3 is 0 Å². The Hall–Kier alpha value is -1.98. The van der Waals surface area contributed by atoms with E-state index < -0.39 is 0 Å². The second kappa shape index (κ2) is 7.73. The summed E-state index contributed by atoms with van der Waals surface area (Å²) < 4.78 is 0. The number of anilines is 1. The molecule has 2 heterocycles. The molecule has 1 aliphatic rings. The second-order valence-corrected chi connectivity index (χ2v) is 6.54. The summed E-state index contributed by atoms with van der Waals surface area (Å²) in [5.74, 6) is 0.912. The Morgan fingerprint density at radius 2 is 2.12 bits per heavy atom. The minimum Gasteiger partial charge on any atom is -0.356 e. The van der Waals surface area contributed by atoms with Crippen molar-refractivity contribution in [2.24, 2.45) is 0 Å². The number of piperidine rings is 1. The third-order valence-electron chi connectivity index (χ3n) is 4.57. The topological polar surface area (TPSA) is 56.1 Å². The van der Waals surface area contributed by atoms with Gasteiger partial charge in [0, 0.05) is 38.1 Å². The molecule has 5 nitrogen and oxygen atoms in total. The van der Waals surface area contributed by atoms with Gasteiger partial charge in [-0.15, -0.1) is 0 Å². The highest BCUT2D eigenvalue weighted by Crippen LogP contribution is 2.22. The minimum absolute atomic E-state index is 0.304. The SMILES string of the molecule is CN(Cc1cccc(C=N)c1)C1CCN(c2ccnc(Cl)n2)CC1. The zero-order valence-corrected chi connectivity index (χ0v) is 14.6. The Balaban J connectivity index is 1.56. The van der Waals surface area contributed by atoms with Crippen LogP contribution in [0.1, 0.15) is 24.0 Å². The molecule has 1 aliphatic heterocycles. The van der Waals surface area contributed by atoms with Crippen molar-refractivity contribution in [1.29, 1.82) is 5.41 Å². The fourth-order valence-corrected chi connectivity index (χ4v) is 3.38. The van der Waals surface area contributed by atoms with E-state index in [-0.39, 0.29) is 0 Å². The summed E-state index contributed by atoms with van der Waals surface area (Å²) in [6, 6.07) is 10.7. The van der Waals surface area contributed by atoms with Gasteiger partial charge < -0.3 is 10.3 Å². The van der Waals surface area contributed by atoms with E-state index in [1.165, 1.54) is 11.8 Å². The van der Waals surface area contributed by atoms with Crippen molar-refractivity contribution in [3.8, 4) is 0 Å². The van der Waals surface area contributed by atoms with Crippen LogP contribution in [0, 0.1) is 5.41 Å². The van der Waals surface area contributed by atoms with Crippen LogP contribution in [-0.2, 0) is 6.54 Å². The molecular weight excluding hydrogens is 322 g/mol. The first-order valence-corrected chi connectivity index (χ1v) is 8.56. The predicted octanol–water partition coefficient (Wildman–Crippen LogP) is 3.23. The third-order valence-corrected chi connectivity index (χ3v) is 4.76. The van der Waals surface area contributed by atoms with E-state index in [9.17, 15) is 0 Å². The summed E-state index contributed by atoms with van der Waals surface area (Å²) >= 11 is 5.89. The maximum atomic E-state index is 7.37. The third kappa shape index (κ3) is 4.10. The lowest BCUT2D eigenvalue weighted by molar-refractivity contribution is 0.200. The molecule has 0 atom stereocenters. The van der Waals surface area contributed by atoms with Crippen LogP contribution in [0.3, 0.4) is 0 Å². The molecule has 0 unspecified atom stereocenters. The molecule has 0 aliphatic carbocycles. The van der Waals surface area contributed by atoms with Crippen LogP contribution in [0.25, 0.3) is 0 Å². The number of aromatic nitrogens is 2. The molecule has 0 amide bonds. The van der Waals surface area contributed by atoms with E-state index in [1.807, 2.05) is 18.2 Å². The van der Waals surface area contributed by atoms with Crippen LogP contribution in [-0.4, -0.2) is 47.3 Å². The Morgan fingerprint density at radius 3 is 2.83 bits per heavy atom. The van der Waals surface area contributed by atoms with Gasteiger partial charge in [0.1, 0.15) is 5.82 Å². The number of rotatable bonds is 5. The van der Waals surface area contributed by atoms with Gasteiger partial charge in [-0.1, -0.05) is 18.2 Å². The molecular formula is C18H22ClN5. The highest BCUT2D eigenvalue weighted by atomic mass is 35.5. The molecule has 24 heavy (non-hydrogen) atoms. The normalized spacial score (nSPS) is 15.7. The van der Waals surface area contributed by atoms with Gasteiger partial charge in [0.05, 0.1) is 0 Å². The maximum Gasteiger partial charge on any atom is 0.224 e. The van der Waals surface area contributed by atoms with E-state index in [0.29, 0.717) is 11.3 Å². The van der Waals surface area contributed by atoms with Gasteiger partial charge in [-0.25, -0.2) is 9.97 Å². The van der Waals surface area contributed by atoms with Crippen molar-refractivity contribution in [2.75, 3.05) is 25.0 Å². The van der Waals surface area contributed by atoms with Gasteiger partial charge in [0.15, 0.2) is 0 Å².